The maximum absolute atomic E-state index is 12.9. The minimum Gasteiger partial charge on any atom is -0.306 e. The third kappa shape index (κ3) is 2.95. The lowest BCUT2D eigenvalue weighted by molar-refractivity contribution is 0.226. The summed E-state index contributed by atoms with van der Waals surface area (Å²) in [5.41, 5.74) is 3.13. The largest absolute Gasteiger partial charge is 0.357 e. The van der Waals surface area contributed by atoms with Crippen molar-refractivity contribution in [2.75, 3.05) is 13.2 Å². The molecule has 0 radical (unpaired) electrons. The minimum atomic E-state index is -3.23. The minimum absolute atomic E-state index is 0.347. The number of imidazole rings is 1. The van der Waals surface area contributed by atoms with Crippen molar-refractivity contribution in [1.82, 2.24) is 9.38 Å². The second-order valence-corrected chi connectivity index (χ2v) is 8.61. The summed E-state index contributed by atoms with van der Waals surface area (Å²) in [5.74, 6) is 0. The lowest BCUT2D eigenvalue weighted by Crippen LogP contribution is -1.97. The Balaban J connectivity index is 2.09. The second-order valence-electron chi connectivity index (χ2n) is 5.39. The number of hydrogen-bond donors (Lipinski definition) is 0. The van der Waals surface area contributed by atoms with Gasteiger partial charge in [-0.2, -0.15) is 0 Å². The molecule has 0 aliphatic carbocycles. The summed E-state index contributed by atoms with van der Waals surface area (Å²) in [7, 11) is -3.23. The lowest BCUT2D eigenvalue weighted by atomic mass is 10.3. The van der Waals surface area contributed by atoms with Gasteiger partial charge in [0.15, 0.2) is 4.96 Å². The van der Waals surface area contributed by atoms with E-state index in [-0.39, 0.29) is 0 Å². The van der Waals surface area contributed by atoms with Crippen LogP contribution < -0.4 is 0 Å². The fourth-order valence-corrected chi connectivity index (χ4v) is 5.34. The number of hydrogen-bond acceptors (Lipinski definition) is 5. The van der Waals surface area contributed by atoms with Gasteiger partial charge in [-0.05, 0) is 45.9 Å². The van der Waals surface area contributed by atoms with Crippen molar-refractivity contribution in [2.24, 2.45) is 0 Å². The Morgan fingerprint density at radius 2 is 1.96 bits per heavy atom. The Bertz CT molecular complexity index is 947. The van der Waals surface area contributed by atoms with Crippen LogP contribution >= 0.6 is 18.9 Å². The number of allylic oxidation sites excluding steroid dienone is 1. The van der Waals surface area contributed by atoms with Crippen LogP contribution in [0, 0.1) is 6.92 Å². The first-order chi connectivity index (χ1) is 11.5. The summed E-state index contributed by atoms with van der Waals surface area (Å²) in [6, 6.07) is 8.06. The molecule has 3 aromatic rings. The van der Waals surface area contributed by atoms with Gasteiger partial charge in [-0.25, -0.2) is 4.98 Å². The molecule has 0 bridgehead atoms. The van der Waals surface area contributed by atoms with Crippen LogP contribution in [-0.4, -0.2) is 22.6 Å². The summed E-state index contributed by atoms with van der Waals surface area (Å²) in [4.78, 5) is 6.60. The smallest absolute Gasteiger partial charge is 0.306 e. The molecule has 0 amide bonds. The van der Waals surface area contributed by atoms with Crippen molar-refractivity contribution < 1.29 is 13.6 Å². The molecule has 0 saturated carbocycles. The number of rotatable bonds is 6. The molecule has 0 N–H and O–H groups in total. The van der Waals surface area contributed by atoms with Gasteiger partial charge < -0.3 is 9.05 Å². The van der Waals surface area contributed by atoms with Gasteiger partial charge >= 0.3 is 7.60 Å². The molecule has 0 saturated heterocycles. The highest BCUT2D eigenvalue weighted by molar-refractivity contribution is 7.58. The van der Waals surface area contributed by atoms with Gasteiger partial charge in [0.1, 0.15) is 0 Å². The van der Waals surface area contributed by atoms with Gasteiger partial charge in [0, 0.05) is 11.0 Å². The monoisotopic (exact) mass is 364 g/mol. The van der Waals surface area contributed by atoms with Crippen molar-refractivity contribution in [3.8, 4) is 0 Å². The third-order valence-electron chi connectivity index (χ3n) is 3.79. The molecule has 24 heavy (non-hydrogen) atoms. The second kappa shape index (κ2) is 6.81. The van der Waals surface area contributed by atoms with Gasteiger partial charge in [-0.3, -0.25) is 8.97 Å². The molecule has 0 fully saturated rings. The van der Waals surface area contributed by atoms with Crippen LogP contribution in [0.2, 0.25) is 0 Å². The first-order valence-corrected chi connectivity index (χ1v) is 10.3. The molecule has 0 unspecified atom stereocenters. The number of aromatic nitrogens is 2. The lowest BCUT2D eigenvalue weighted by Gasteiger charge is -2.17. The molecular formula is C17H21N2O3PS. The summed E-state index contributed by atoms with van der Waals surface area (Å²) in [5, 5.41) is 0.614. The number of thiazole rings is 1. The molecule has 2 heterocycles. The van der Waals surface area contributed by atoms with E-state index in [9.17, 15) is 4.57 Å². The van der Waals surface area contributed by atoms with Crippen LogP contribution in [0.5, 0.6) is 0 Å². The number of nitrogens with zero attached hydrogens (tertiary/aromatic N) is 2. The molecular weight excluding hydrogens is 343 g/mol. The number of aryl methyl sites for hydroxylation is 1. The highest BCUT2D eigenvalue weighted by Gasteiger charge is 2.26. The molecule has 3 rings (SSSR count). The molecule has 1 aromatic carbocycles. The topological polar surface area (TPSA) is 52.8 Å². The summed E-state index contributed by atoms with van der Waals surface area (Å²) < 4.78 is 25.8. The van der Waals surface area contributed by atoms with E-state index >= 15 is 0 Å². The maximum atomic E-state index is 12.9. The fraction of sp³-hybridized carbons (Fsp3) is 0.353. The molecule has 0 spiro atoms. The van der Waals surface area contributed by atoms with Crippen LogP contribution in [0.25, 0.3) is 22.1 Å². The Labute approximate surface area is 145 Å². The van der Waals surface area contributed by atoms with Gasteiger partial charge in [0.2, 0.25) is 0 Å². The number of fused-ring (bicyclic) bond motifs is 3. The molecule has 128 valence electrons. The van der Waals surface area contributed by atoms with E-state index in [1.165, 1.54) is 0 Å². The van der Waals surface area contributed by atoms with Crippen molar-refractivity contribution in [3.05, 3.63) is 40.2 Å². The predicted octanol–water partition coefficient (Wildman–Crippen LogP) is 5.48. The normalized spacial score (nSPS) is 13.2. The fourth-order valence-electron chi connectivity index (χ4n) is 2.66. The first kappa shape index (κ1) is 17.4. The van der Waals surface area contributed by atoms with Crippen molar-refractivity contribution in [3.63, 3.8) is 0 Å². The van der Waals surface area contributed by atoms with Gasteiger partial charge in [-0.15, -0.1) is 0 Å². The zero-order valence-electron chi connectivity index (χ0n) is 14.3. The van der Waals surface area contributed by atoms with E-state index in [0.717, 1.165) is 26.6 Å². The Kier molecular flexibility index (Phi) is 4.92. The molecule has 2 aromatic heterocycles. The van der Waals surface area contributed by atoms with E-state index < -0.39 is 7.60 Å². The van der Waals surface area contributed by atoms with E-state index in [1.807, 2.05) is 45.0 Å². The van der Waals surface area contributed by atoms with E-state index in [0.29, 0.717) is 18.5 Å². The van der Waals surface area contributed by atoms with Crippen LogP contribution in [0.4, 0.5) is 0 Å². The van der Waals surface area contributed by atoms with Gasteiger partial charge in [-0.1, -0.05) is 23.5 Å². The van der Waals surface area contributed by atoms with E-state index in [4.69, 9.17) is 9.05 Å². The zero-order chi connectivity index (χ0) is 17.3. The average Bonchev–Trinajstić information content (AvgIpc) is 3.05. The van der Waals surface area contributed by atoms with Crippen LogP contribution in [-0.2, 0) is 13.6 Å². The highest BCUT2D eigenvalue weighted by atomic mass is 32.1. The van der Waals surface area contributed by atoms with Gasteiger partial charge in [0.05, 0.1) is 29.1 Å². The Morgan fingerprint density at radius 1 is 1.29 bits per heavy atom. The average molecular weight is 364 g/mol. The first-order valence-electron chi connectivity index (χ1n) is 7.94. The summed E-state index contributed by atoms with van der Waals surface area (Å²) >= 11 is 1.57. The molecule has 0 aliphatic heterocycles. The molecule has 0 atom stereocenters. The molecule has 7 heteroatoms. The van der Waals surface area contributed by atoms with Crippen LogP contribution in [0.15, 0.2) is 29.6 Å². The number of benzene rings is 1. The number of para-hydroxylation sites is 2. The van der Waals surface area contributed by atoms with Crippen LogP contribution in [0.1, 0.15) is 31.3 Å². The van der Waals surface area contributed by atoms with E-state index in [2.05, 4.69) is 15.5 Å². The van der Waals surface area contributed by atoms with Crippen molar-refractivity contribution in [2.45, 2.75) is 27.7 Å². The van der Waals surface area contributed by atoms with Crippen molar-refractivity contribution >= 4 is 41.0 Å². The maximum Gasteiger partial charge on any atom is 0.357 e. The van der Waals surface area contributed by atoms with Gasteiger partial charge in [0.25, 0.3) is 0 Å². The van der Waals surface area contributed by atoms with Crippen LogP contribution in [0.3, 0.4) is 0 Å². The Hall–Kier alpha value is -1.46. The predicted molar refractivity (Wildman–Crippen MR) is 99.8 cm³/mol. The SMILES string of the molecule is CCOP(=O)(OCC)/C(C)=C/c1sc2nc3ccccc3n2c1C. The molecule has 0 aliphatic rings. The summed E-state index contributed by atoms with van der Waals surface area (Å²) in [6.45, 7) is 8.17. The molecule has 5 nitrogen and oxygen atoms in total. The standard InChI is InChI=1S/C17H21N2O3PS/c1-5-21-23(20,22-6-2)12(3)11-16-13(4)19-15-10-8-7-9-14(15)18-17(19)24-16/h7-11H,5-6H2,1-4H3/b12-11+. The zero-order valence-corrected chi connectivity index (χ0v) is 16.0. The van der Waals surface area contributed by atoms with E-state index in [1.54, 1.807) is 18.3 Å². The third-order valence-corrected chi connectivity index (χ3v) is 7.07. The Morgan fingerprint density at radius 3 is 2.62 bits per heavy atom. The van der Waals surface area contributed by atoms with Crippen molar-refractivity contribution in [1.29, 1.82) is 0 Å². The highest BCUT2D eigenvalue weighted by Crippen LogP contribution is 2.56. The quantitative estimate of drug-likeness (QED) is 0.543. The summed E-state index contributed by atoms with van der Waals surface area (Å²) in [6.07, 6.45) is 1.90.